The number of hydrogen-bond acceptors (Lipinski definition) is 6. The largest absolute Gasteiger partial charge is 0.480 e. The van der Waals surface area contributed by atoms with Gasteiger partial charge in [0.2, 0.25) is 0 Å². The Bertz CT molecular complexity index is 676. The van der Waals surface area contributed by atoms with Crippen molar-refractivity contribution in [2.45, 2.75) is 76.1 Å². The molecule has 0 aliphatic carbocycles. The van der Waals surface area contributed by atoms with Gasteiger partial charge in [-0.1, -0.05) is 57.5 Å². The Kier molecular flexibility index (Phi) is 12.1. The number of aliphatic hydroxyl groups is 1. The van der Waals surface area contributed by atoms with Gasteiger partial charge in [0, 0.05) is 31.2 Å². The Morgan fingerprint density at radius 3 is 2.35 bits per heavy atom. The minimum atomic E-state index is -1.41. The van der Waals surface area contributed by atoms with Crippen LogP contribution in [-0.2, 0) is 16.0 Å². The van der Waals surface area contributed by atoms with Crippen LogP contribution in [0.5, 0.6) is 0 Å². The van der Waals surface area contributed by atoms with E-state index in [9.17, 15) is 19.8 Å². The van der Waals surface area contributed by atoms with Crippen molar-refractivity contribution in [3.63, 3.8) is 0 Å². The number of hydrazine groups is 1. The van der Waals surface area contributed by atoms with E-state index >= 15 is 0 Å². The number of nitrogens with zero attached hydrogens (tertiary/aromatic N) is 1. The summed E-state index contributed by atoms with van der Waals surface area (Å²) in [6.07, 6.45) is 3.36. The number of carbonyl (C=O) groups excluding carboxylic acids is 1. The van der Waals surface area contributed by atoms with Crippen molar-refractivity contribution in [2.24, 2.45) is 11.7 Å². The molecule has 0 saturated carbocycles. The standard InChI is InChI=1S/C23H39N3O4S/c1-4-14-25-26(19(13-15-27)21(28)29)22(30)23(24,16-18-9-7-6-8-10-18)20(31)12-11-17(3)5-2/h6-10,17,19-20,25,27,31H,4-5,11-16,24H2,1-3H3,(H,28,29)/t17-,19+,20?,23-/m0/s1. The number of aliphatic hydroxyl groups excluding tert-OH is 1. The first-order valence-corrected chi connectivity index (χ1v) is 11.6. The SMILES string of the molecule is CCCNN(C(=O)[C@](N)(Cc1ccccc1)C(S)CC[C@@H](C)CC)[C@H](CCO)C(=O)O. The highest BCUT2D eigenvalue weighted by atomic mass is 32.1. The molecule has 7 nitrogen and oxygen atoms in total. The number of nitrogens with two attached hydrogens (primary N) is 1. The van der Waals surface area contributed by atoms with Crippen molar-refractivity contribution in [2.75, 3.05) is 13.2 Å². The third-order valence-corrected chi connectivity index (χ3v) is 6.43. The van der Waals surface area contributed by atoms with E-state index in [1.165, 1.54) is 0 Å². The van der Waals surface area contributed by atoms with E-state index in [-0.39, 0.29) is 19.4 Å². The molecule has 1 aromatic rings. The lowest BCUT2D eigenvalue weighted by molar-refractivity contribution is -0.157. The Morgan fingerprint density at radius 1 is 1.19 bits per heavy atom. The Morgan fingerprint density at radius 2 is 1.84 bits per heavy atom. The molecular formula is C23H39N3O4S. The maximum atomic E-state index is 13.8. The maximum absolute atomic E-state index is 13.8. The van der Waals surface area contributed by atoms with E-state index in [1.807, 2.05) is 37.3 Å². The van der Waals surface area contributed by atoms with Crippen LogP contribution in [0.4, 0.5) is 0 Å². The molecule has 0 aliphatic heterocycles. The zero-order valence-electron chi connectivity index (χ0n) is 19.0. The fraction of sp³-hybridized carbons (Fsp3) is 0.652. The second kappa shape index (κ2) is 13.7. The average molecular weight is 454 g/mol. The van der Waals surface area contributed by atoms with E-state index in [2.05, 4.69) is 19.3 Å². The third-order valence-electron chi connectivity index (χ3n) is 5.71. The summed E-state index contributed by atoms with van der Waals surface area (Å²) in [5.74, 6) is -1.24. The van der Waals surface area contributed by atoms with Gasteiger partial charge in [-0.25, -0.2) is 10.2 Å². The molecule has 0 aromatic heterocycles. The van der Waals surface area contributed by atoms with Gasteiger partial charge in [-0.15, -0.1) is 0 Å². The quantitative estimate of drug-likeness (QED) is 0.206. The summed E-state index contributed by atoms with van der Waals surface area (Å²) in [4.78, 5) is 25.7. The number of rotatable bonds is 15. The monoisotopic (exact) mass is 453 g/mol. The fourth-order valence-corrected chi connectivity index (χ4v) is 3.79. The Balaban J connectivity index is 3.32. The molecule has 0 bridgehead atoms. The van der Waals surface area contributed by atoms with E-state index in [0.29, 0.717) is 25.3 Å². The topological polar surface area (TPSA) is 116 Å². The van der Waals surface area contributed by atoms with Crippen LogP contribution < -0.4 is 11.2 Å². The van der Waals surface area contributed by atoms with Crippen LogP contribution in [0.1, 0.15) is 58.4 Å². The predicted molar refractivity (Wildman–Crippen MR) is 127 cm³/mol. The molecule has 1 unspecified atom stereocenters. The van der Waals surface area contributed by atoms with Crippen molar-refractivity contribution >= 4 is 24.5 Å². The van der Waals surface area contributed by atoms with Crippen LogP contribution in [-0.4, -0.2) is 57.1 Å². The van der Waals surface area contributed by atoms with Crippen molar-refractivity contribution < 1.29 is 19.8 Å². The highest BCUT2D eigenvalue weighted by Crippen LogP contribution is 2.28. The fourth-order valence-electron chi connectivity index (χ4n) is 3.44. The highest BCUT2D eigenvalue weighted by Gasteiger charge is 2.46. The van der Waals surface area contributed by atoms with Crippen LogP contribution in [0.3, 0.4) is 0 Å². The maximum Gasteiger partial charge on any atom is 0.328 e. The summed E-state index contributed by atoms with van der Waals surface area (Å²) >= 11 is 4.75. The molecular weight excluding hydrogens is 414 g/mol. The van der Waals surface area contributed by atoms with E-state index < -0.39 is 28.7 Å². The van der Waals surface area contributed by atoms with Crippen molar-refractivity contribution in [1.29, 1.82) is 0 Å². The summed E-state index contributed by atoms with van der Waals surface area (Å²) in [7, 11) is 0. The normalized spacial score (nSPS) is 16.2. The van der Waals surface area contributed by atoms with Gasteiger partial charge in [0.05, 0.1) is 0 Å². The minimum absolute atomic E-state index is 0.0939. The molecule has 4 atom stereocenters. The van der Waals surface area contributed by atoms with Gasteiger partial charge in [-0.05, 0) is 30.7 Å². The van der Waals surface area contributed by atoms with Gasteiger partial charge in [0.15, 0.2) is 0 Å². The molecule has 0 heterocycles. The number of carbonyl (C=O) groups is 2. The number of amides is 1. The third kappa shape index (κ3) is 8.11. The van der Waals surface area contributed by atoms with Gasteiger partial charge in [0.25, 0.3) is 5.91 Å². The predicted octanol–water partition coefficient (Wildman–Crippen LogP) is 2.63. The summed E-state index contributed by atoms with van der Waals surface area (Å²) in [6.45, 7) is 6.24. The van der Waals surface area contributed by atoms with Crippen molar-refractivity contribution in [3.8, 4) is 0 Å². The van der Waals surface area contributed by atoms with Crippen LogP contribution in [0.2, 0.25) is 0 Å². The average Bonchev–Trinajstić information content (AvgIpc) is 2.76. The lowest BCUT2D eigenvalue weighted by atomic mass is 9.83. The van der Waals surface area contributed by atoms with E-state index in [1.54, 1.807) is 0 Å². The zero-order chi connectivity index (χ0) is 23.4. The van der Waals surface area contributed by atoms with Crippen LogP contribution in [0.15, 0.2) is 30.3 Å². The molecule has 31 heavy (non-hydrogen) atoms. The Labute approximate surface area is 191 Å². The van der Waals surface area contributed by atoms with E-state index in [4.69, 9.17) is 18.4 Å². The number of carboxylic acid groups (broad SMARTS) is 1. The zero-order valence-corrected chi connectivity index (χ0v) is 19.9. The van der Waals surface area contributed by atoms with Gasteiger partial charge in [-0.3, -0.25) is 9.80 Å². The molecule has 0 radical (unpaired) electrons. The summed E-state index contributed by atoms with van der Waals surface area (Å²) in [5, 5.41) is 19.7. The summed E-state index contributed by atoms with van der Waals surface area (Å²) in [5.41, 5.74) is 9.19. The molecule has 8 heteroatoms. The minimum Gasteiger partial charge on any atom is -0.480 e. The Hall–Kier alpha value is -1.61. The molecule has 1 rings (SSSR count). The summed E-state index contributed by atoms with van der Waals surface area (Å²) in [6, 6.07) is 8.23. The number of thiol groups is 1. The molecule has 0 fully saturated rings. The number of hydrogen-bond donors (Lipinski definition) is 5. The molecule has 1 aromatic carbocycles. The van der Waals surface area contributed by atoms with E-state index in [0.717, 1.165) is 23.4 Å². The highest BCUT2D eigenvalue weighted by molar-refractivity contribution is 7.81. The van der Waals surface area contributed by atoms with Gasteiger partial charge >= 0.3 is 5.97 Å². The second-order valence-corrected chi connectivity index (χ2v) is 8.88. The van der Waals surface area contributed by atoms with Gasteiger partial charge in [-0.2, -0.15) is 12.6 Å². The van der Waals surface area contributed by atoms with Gasteiger partial charge < -0.3 is 15.9 Å². The molecule has 176 valence electrons. The molecule has 5 N–H and O–H groups in total. The number of carboxylic acids is 1. The van der Waals surface area contributed by atoms with Gasteiger partial charge in [0.1, 0.15) is 11.6 Å². The van der Waals surface area contributed by atoms with Crippen molar-refractivity contribution in [1.82, 2.24) is 10.4 Å². The second-order valence-electron chi connectivity index (χ2n) is 8.26. The van der Waals surface area contributed by atoms with Crippen molar-refractivity contribution in [3.05, 3.63) is 35.9 Å². The number of nitrogens with one attached hydrogen (secondary N) is 1. The molecule has 0 saturated heterocycles. The lowest BCUT2D eigenvalue weighted by Gasteiger charge is -2.40. The number of aliphatic carboxylic acids is 1. The smallest absolute Gasteiger partial charge is 0.328 e. The molecule has 0 aliphatic rings. The first kappa shape index (κ1) is 27.4. The lowest BCUT2D eigenvalue weighted by Crippen LogP contribution is -2.67. The molecule has 0 spiro atoms. The first-order valence-electron chi connectivity index (χ1n) is 11.1. The van der Waals surface area contributed by atoms with Crippen LogP contribution >= 0.6 is 12.6 Å². The van der Waals surface area contributed by atoms with Crippen LogP contribution in [0, 0.1) is 5.92 Å². The van der Waals surface area contributed by atoms with Crippen LogP contribution in [0.25, 0.3) is 0 Å². The number of benzene rings is 1. The molecule has 1 amide bonds. The first-order chi connectivity index (χ1) is 14.7. The summed E-state index contributed by atoms with van der Waals surface area (Å²) < 4.78 is 0.